The molecule has 0 nitrogen and oxygen atoms in total. The fourth-order valence-electron chi connectivity index (χ4n) is 2.93. The number of benzene rings is 3. The summed E-state index contributed by atoms with van der Waals surface area (Å²) in [6.45, 7) is 4.28. The Balaban J connectivity index is 1.63. The van der Waals surface area contributed by atoms with E-state index in [1.54, 1.807) is 0 Å². The van der Waals surface area contributed by atoms with Gasteiger partial charge in [-0.2, -0.15) is 0 Å². The van der Waals surface area contributed by atoms with E-state index in [0.717, 1.165) is 30.4 Å². The van der Waals surface area contributed by atoms with Crippen LogP contribution in [0.2, 0.25) is 0 Å². The molecule has 0 amide bonds. The van der Waals surface area contributed by atoms with Gasteiger partial charge in [0.25, 0.3) is 0 Å². The van der Waals surface area contributed by atoms with Crippen LogP contribution < -0.4 is 0 Å². The van der Waals surface area contributed by atoms with Crippen LogP contribution in [0.1, 0.15) is 42.0 Å². The standard InChI is InChI=1S/C27H26/c1-3-4-5-6-7-23-10-12-24(13-11-23)14-15-25-16-20-27(21-17-25)26-18-8-22(2)9-19-26/h4-5,8-13,16-21H,3,6-7H2,1-2H3/b5-4+. The molecular formula is C27H26. The van der Waals surface area contributed by atoms with Gasteiger partial charge in [0.05, 0.1) is 0 Å². The molecule has 27 heavy (non-hydrogen) atoms. The van der Waals surface area contributed by atoms with E-state index in [2.05, 4.69) is 111 Å². The summed E-state index contributed by atoms with van der Waals surface area (Å²) in [7, 11) is 0. The van der Waals surface area contributed by atoms with Gasteiger partial charge in [0, 0.05) is 11.1 Å². The highest BCUT2D eigenvalue weighted by molar-refractivity contribution is 5.64. The fraction of sp³-hybridized carbons (Fsp3) is 0.185. The predicted octanol–water partition coefficient (Wildman–Crippen LogP) is 6.96. The molecule has 0 saturated heterocycles. The Kier molecular flexibility index (Phi) is 6.66. The van der Waals surface area contributed by atoms with Gasteiger partial charge >= 0.3 is 0 Å². The molecule has 0 aliphatic carbocycles. The van der Waals surface area contributed by atoms with Gasteiger partial charge in [0.2, 0.25) is 0 Å². The molecule has 0 radical (unpaired) electrons. The van der Waals surface area contributed by atoms with Crippen LogP contribution in [0.4, 0.5) is 0 Å². The molecule has 0 heteroatoms. The SMILES string of the molecule is CC/C=C/CCc1ccc(C#Cc2ccc(-c3ccc(C)cc3)cc2)cc1. The molecule has 0 heterocycles. The second-order valence-electron chi connectivity index (χ2n) is 6.81. The zero-order valence-electron chi connectivity index (χ0n) is 16.2. The number of hydrogen-bond donors (Lipinski definition) is 0. The third kappa shape index (κ3) is 5.73. The molecule has 0 unspecified atom stereocenters. The fourth-order valence-corrected chi connectivity index (χ4v) is 2.93. The van der Waals surface area contributed by atoms with E-state index in [-0.39, 0.29) is 0 Å². The highest BCUT2D eigenvalue weighted by Gasteiger charge is 1.97. The largest absolute Gasteiger partial charge is 0.0888 e. The van der Waals surface area contributed by atoms with Crippen molar-refractivity contribution in [3.8, 4) is 23.0 Å². The van der Waals surface area contributed by atoms with Gasteiger partial charge in [-0.05, 0) is 67.1 Å². The quantitative estimate of drug-likeness (QED) is 0.344. The molecule has 0 N–H and O–H groups in total. The topological polar surface area (TPSA) is 0 Å². The van der Waals surface area contributed by atoms with Crippen molar-refractivity contribution in [2.45, 2.75) is 33.1 Å². The lowest BCUT2D eigenvalue weighted by molar-refractivity contribution is 0.992. The van der Waals surface area contributed by atoms with E-state index in [1.807, 2.05) is 0 Å². The summed E-state index contributed by atoms with van der Waals surface area (Å²) in [5.74, 6) is 6.53. The Morgan fingerprint density at radius 3 is 1.74 bits per heavy atom. The summed E-state index contributed by atoms with van der Waals surface area (Å²) in [4.78, 5) is 0. The van der Waals surface area contributed by atoms with Crippen LogP contribution in [0, 0.1) is 18.8 Å². The van der Waals surface area contributed by atoms with Gasteiger partial charge in [0.1, 0.15) is 0 Å². The zero-order chi connectivity index (χ0) is 18.9. The zero-order valence-corrected chi connectivity index (χ0v) is 16.2. The second-order valence-corrected chi connectivity index (χ2v) is 6.81. The minimum absolute atomic E-state index is 1.04. The molecule has 3 aromatic carbocycles. The van der Waals surface area contributed by atoms with Crippen LogP contribution in [0.3, 0.4) is 0 Å². The first-order chi connectivity index (χ1) is 13.2. The molecule has 134 valence electrons. The Bertz CT molecular complexity index is 928. The maximum Gasteiger partial charge on any atom is 0.0249 e. The van der Waals surface area contributed by atoms with Gasteiger partial charge in [-0.15, -0.1) is 0 Å². The third-order valence-corrected chi connectivity index (χ3v) is 4.58. The van der Waals surface area contributed by atoms with E-state index in [9.17, 15) is 0 Å². The van der Waals surface area contributed by atoms with Crippen molar-refractivity contribution in [2.24, 2.45) is 0 Å². The molecule has 0 aliphatic heterocycles. The van der Waals surface area contributed by atoms with Crippen LogP contribution in [0.15, 0.2) is 84.9 Å². The van der Waals surface area contributed by atoms with Crippen molar-refractivity contribution in [1.82, 2.24) is 0 Å². The van der Waals surface area contributed by atoms with Crippen LogP contribution >= 0.6 is 0 Å². The van der Waals surface area contributed by atoms with E-state index < -0.39 is 0 Å². The lowest BCUT2D eigenvalue weighted by Gasteiger charge is -2.02. The minimum Gasteiger partial charge on any atom is -0.0888 e. The maximum atomic E-state index is 3.27. The van der Waals surface area contributed by atoms with Crippen molar-refractivity contribution < 1.29 is 0 Å². The molecule has 3 aromatic rings. The number of hydrogen-bond acceptors (Lipinski definition) is 0. The first-order valence-electron chi connectivity index (χ1n) is 9.67. The molecule has 0 fully saturated rings. The first-order valence-corrected chi connectivity index (χ1v) is 9.67. The van der Waals surface area contributed by atoms with Crippen molar-refractivity contribution in [3.05, 3.63) is 107 Å². The van der Waals surface area contributed by atoms with E-state index in [4.69, 9.17) is 0 Å². The maximum absolute atomic E-state index is 3.27. The smallest absolute Gasteiger partial charge is 0.0249 e. The van der Waals surface area contributed by atoms with Crippen molar-refractivity contribution >= 4 is 0 Å². The van der Waals surface area contributed by atoms with Crippen LogP contribution in [-0.2, 0) is 6.42 Å². The first kappa shape index (κ1) is 18.7. The Morgan fingerprint density at radius 1 is 0.667 bits per heavy atom. The minimum atomic E-state index is 1.04. The predicted molar refractivity (Wildman–Crippen MR) is 117 cm³/mol. The van der Waals surface area contributed by atoms with Crippen LogP contribution in [0.5, 0.6) is 0 Å². The van der Waals surface area contributed by atoms with E-state index in [1.165, 1.54) is 22.3 Å². The molecule has 0 saturated carbocycles. The normalized spacial score (nSPS) is 10.6. The molecule has 0 atom stereocenters. The molecule has 3 rings (SSSR count). The molecule has 0 aliphatic rings. The average Bonchev–Trinajstić information content (AvgIpc) is 2.72. The highest BCUT2D eigenvalue weighted by atomic mass is 14.0. The van der Waals surface area contributed by atoms with Gasteiger partial charge in [-0.3, -0.25) is 0 Å². The summed E-state index contributed by atoms with van der Waals surface area (Å²) in [5.41, 5.74) is 7.21. The van der Waals surface area contributed by atoms with Crippen molar-refractivity contribution in [3.63, 3.8) is 0 Å². The highest BCUT2D eigenvalue weighted by Crippen LogP contribution is 2.20. The van der Waals surface area contributed by atoms with Gasteiger partial charge in [-0.1, -0.05) is 85.0 Å². The Hall–Kier alpha value is -3.04. The van der Waals surface area contributed by atoms with Crippen molar-refractivity contribution in [2.75, 3.05) is 0 Å². The summed E-state index contributed by atoms with van der Waals surface area (Å²) < 4.78 is 0. The van der Waals surface area contributed by atoms with Gasteiger partial charge < -0.3 is 0 Å². The number of rotatable bonds is 5. The van der Waals surface area contributed by atoms with Crippen LogP contribution in [-0.4, -0.2) is 0 Å². The molecule has 0 spiro atoms. The summed E-state index contributed by atoms with van der Waals surface area (Å²) in [5, 5.41) is 0. The molecule has 0 bridgehead atoms. The Morgan fingerprint density at radius 2 is 1.19 bits per heavy atom. The second kappa shape index (κ2) is 9.60. The average molecular weight is 351 g/mol. The number of aryl methyl sites for hydroxylation is 2. The molecule has 0 aromatic heterocycles. The monoisotopic (exact) mass is 350 g/mol. The summed E-state index contributed by atoms with van der Waals surface area (Å²) >= 11 is 0. The van der Waals surface area contributed by atoms with E-state index in [0.29, 0.717) is 0 Å². The molecular weight excluding hydrogens is 324 g/mol. The summed E-state index contributed by atoms with van der Waals surface area (Å²) in [6.07, 6.45) is 7.79. The van der Waals surface area contributed by atoms with Crippen LogP contribution in [0.25, 0.3) is 11.1 Å². The Labute approximate surface area is 163 Å². The van der Waals surface area contributed by atoms with E-state index >= 15 is 0 Å². The lowest BCUT2D eigenvalue weighted by atomic mass is 10.0. The van der Waals surface area contributed by atoms with Crippen molar-refractivity contribution in [1.29, 1.82) is 0 Å². The number of allylic oxidation sites excluding steroid dienone is 2. The summed E-state index contributed by atoms with van der Waals surface area (Å²) in [6, 6.07) is 25.7. The van der Waals surface area contributed by atoms with Gasteiger partial charge in [-0.25, -0.2) is 0 Å². The van der Waals surface area contributed by atoms with Gasteiger partial charge in [0.15, 0.2) is 0 Å². The third-order valence-electron chi connectivity index (χ3n) is 4.58. The lowest BCUT2D eigenvalue weighted by Crippen LogP contribution is -1.84.